The number of benzene rings is 1. The lowest BCUT2D eigenvalue weighted by molar-refractivity contribution is -0.384. The van der Waals surface area contributed by atoms with Crippen molar-refractivity contribution in [2.45, 2.75) is 0 Å². The van der Waals surface area contributed by atoms with Crippen LogP contribution in [0.15, 0.2) is 54.9 Å². The Hall–Kier alpha value is -4.28. The summed E-state index contributed by atoms with van der Waals surface area (Å²) in [5, 5.41) is 17.0. The summed E-state index contributed by atoms with van der Waals surface area (Å²) in [6.07, 6.45) is 3.42. The van der Waals surface area contributed by atoms with Crippen molar-refractivity contribution in [3.63, 3.8) is 0 Å². The molecule has 4 N–H and O–H groups in total. The molecular weight excluding hydrogens is 391 g/mol. The van der Waals surface area contributed by atoms with Crippen LogP contribution >= 0.6 is 0 Å². The highest BCUT2D eigenvalue weighted by atomic mass is 19.1. The van der Waals surface area contributed by atoms with Crippen LogP contribution in [0.25, 0.3) is 16.9 Å². The summed E-state index contributed by atoms with van der Waals surface area (Å²) < 4.78 is 15.4. The zero-order chi connectivity index (χ0) is 21.1. The minimum atomic E-state index is -0.582. The van der Waals surface area contributed by atoms with Gasteiger partial charge >= 0.3 is 5.69 Å². The molecule has 1 aromatic carbocycles. The van der Waals surface area contributed by atoms with Crippen molar-refractivity contribution in [2.24, 2.45) is 0 Å². The van der Waals surface area contributed by atoms with Gasteiger partial charge in [-0.25, -0.2) is 19.3 Å². The number of nitrogens with one attached hydrogen (secondary N) is 2. The van der Waals surface area contributed by atoms with Crippen molar-refractivity contribution < 1.29 is 9.31 Å². The molecule has 4 rings (SSSR count). The Balaban J connectivity index is 1.47. The topological polar surface area (TPSA) is 136 Å². The molecule has 0 bridgehead atoms. The van der Waals surface area contributed by atoms with Crippen LogP contribution in [0.1, 0.15) is 0 Å². The predicted molar refractivity (Wildman–Crippen MR) is 111 cm³/mol. The smallest absolute Gasteiger partial charge is 0.311 e. The zero-order valence-corrected chi connectivity index (χ0v) is 15.6. The van der Waals surface area contributed by atoms with Gasteiger partial charge in [0.05, 0.1) is 10.6 Å². The molecule has 4 aromatic rings. The normalized spacial score (nSPS) is 10.8. The molecule has 0 saturated heterocycles. The molecule has 0 aliphatic heterocycles. The second kappa shape index (κ2) is 7.99. The van der Waals surface area contributed by atoms with Crippen molar-refractivity contribution in [3.05, 3.63) is 70.8 Å². The lowest BCUT2D eigenvalue weighted by Crippen LogP contribution is -2.17. The number of hydrogen-bond acceptors (Lipinski definition) is 8. The number of anilines is 3. The average Bonchev–Trinajstić information content (AvgIpc) is 3.20. The van der Waals surface area contributed by atoms with Gasteiger partial charge in [-0.3, -0.25) is 14.5 Å². The van der Waals surface area contributed by atoms with E-state index in [2.05, 4.69) is 25.6 Å². The van der Waals surface area contributed by atoms with Gasteiger partial charge in [0.25, 0.3) is 0 Å². The summed E-state index contributed by atoms with van der Waals surface area (Å²) in [5.41, 5.74) is 7.27. The van der Waals surface area contributed by atoms with E-state index < -0.39 is 4.92 Å². The van der Waals surface area contributed by atoms with E-state index in [1.807, 2.05) is 0 Å². The van der Waals surface area contributed by atoms with E-state index in [-0.39, 0.29) is 17.3 Å². The lowest BCUT2D eigenvalue weighted by atomic mass is 10.1. The van der Waals surface area contributed by atoms with E-state index in [4.69, 9.17) is 5.73 Å². The summed E-state index contributed by atoms with van der Waals surface area (Å²) in [6.45, 7) is 0.914. The molecule has 0 fully saturated rings. The van der Waals surface area contributed by atoms with Crippen LogP contribution in [0.4, 0.5) is 27.7 Å². The number of aromatic nitrogens is 4. The second-order valence-electron chi connectivity index (χ2n) is 6.34. The number of rotatable bonds is 7. The number of nitrogen functional groups attached to an aromatic ring is 1. The third-order valence-electron chi connectivity index (χ3n) is 4.32. The highest BCUT2D eigenvalue weighted by molar-refractivity contribution is 5.66. The molecule has 0 saturated carbocycles. The van der Waals surface area contributed by atoms with Gasteiger partial charge in [-0.05, 0) is 18.2 Å². The standard InChI is InChI=1S/C19H17FN8O2/c20-13-3-1-2-12(10-13)14-11-17-23-8-9-27(17)19(25-14)24-7-6-22-16-5-4-15(28(29)30)18(21)26-16/h1-5,8-11H,6-7H2,(H,24,25)(H3,21,22,26). The maximum atomic E-state index is 13.6. The largest absolute Gasteiger partial charge is 0.378 e. The highest BCUT2D eigenvalue weighted by Crippen LogP contribution is 2.22. The maximum Gasteiger partial charge on any atom is 0.311 e. The van der Waals surface area contributed by atoms with E-state index in [1.54, 1.807) is 35.0 Å². The van der Waals surface area contributed by atoms with Crippen LogP contribution in [0.3, 0.4) is 0 Å². The number of nitrogens with zero attached hydrogens (tertiary/aromatic N) is 5. The SMILES string of the molecule is Nc1nc(NCCNc2nc(-c3cccc(F)c3)cc3nccn23)ccc1[N+](=O)[O-]. The molecule has 30 heavy (non-hydrogen) atoms. The number of fused-ring (bicyclic) bond motifs is 1. The minimum absolute atomic E-state index is 0.150. The number of nitrogens with two attached hydrogens (primary N) is 1. The third-order valence-corrected chi connectivity index (χ3v) is 4.32. The fourth-order valence-corrected chi connectivity index (χ4v) is 2.93. The molecule has 0 radical (unpaired) electrons. The van der Waals surface area contributed by atoms with Crippen LogP contribution in [0.2, 0.25) is 0 Å². The van der Waals surface area contributed by atoms with E-state index in [1.165, 1.54) is 24.3 Å². The second-order valence-corrected chi connectivity index (χ2v) is 6.34. The van der Waals surface area contributed by atoms with Gasteiger partial charge < -0.3 is 16.4 Å². The minimum Gasteiger partial charge on any atom is -0.378 e. The first-order chi connectivity index (χ1) is 14.5. The van der Waals surface area contributed by atoms with Crippen molar-refractivity contribution in [1.29, 1.82) is 0 Å². The molecule has 0 amide bonds. The van der Waals surface area contributed by atoms with E-state index in [0.717, 1.165) is 0 Å². The first kappa shape index (κ1) is 19.1. The van der Waals surface area contributed by atoms with Gasteiger partial charge in [-0.15, -0.1) is 0 Å². The van der Waals surface area contributed by atoms with Crippen LogP contribution in [-0.2, 0) is 0 Å². The molecule has 0 spiro atoms. The Morgan fingerprint density at radius 1 is 1.13 bits per heavy atom. The molecule has 0 unspecified atom stereocenters. The van der Waals surface area contributed by atoms with Crippen molar-refractivity contribution >= 4 is 28.9 Å². The highest BCUT2D eigenvalue weighted by Gasteiger charge is 2.13. The lowest BCUT2D eigenvalue weighted by Gasteiger charge is -2.11. The van der Waals surface area contributed by atoms with Crippen molar-refractivity contribution in [3.8, 4) is 11.3 Å². The molecule has 0 atom stereocenters. The van der Waals surface area contributed by atoms with E-state index >= 15 is 0 Å². The molecule has 0 aliphatic carbocycles. The Labute approximate surface area is 169 Å². The molecule has 3 heterocycles. The Morgan fingerprint density at radius 2 is 1.97 bits per heavy atom. The Kier molecular flexibility index (Phi) is 5.08. The molecule has 10 nitrogen and oxygen atoms in total. The quantitative estimate of drug-likeness (QED) is 0.241. The third kappa shape index (κ3) is 3.94. The number of pyridine rings is 1. The van der Waals surface area contributed by atoms with Crippen molar-refractivity contribution in [2.75, 3.05) is 29.5 Å². The molecule has 11 heteroatoms. The number of halogens is 1. The van der Waals surface area contributed by atoms with Crippen LogP contribution in [0, 0.1) is 15.9 Å². The van der Waals surface area contributed by atoms with Gasteiger partial charge in [0.1, 0.15) is 17.3 Å². The summed E-state index contributed by atoms with van der Waals surface area (Å²) in [5.74, 6) is 0.477. The molecule has 0 aliphatic rings. The zero-order valence-electron chi connectivity index (χ0n) is 15.6. The first-order valence-corrected chi connectivity index (χ1v) is 9.00. The van der Waals surface area contributed by atoms with Crippen LogP contribution < -0.4 is 16.4 Å². The monoisotopic (exact) mass is 408 g/mol. The first-order valence-electron chi connectivity index (χ1n) is 9.00. The maximum absolute atomic E-state index is 13.6. The number of hydrogen-bond donors (Lipinski definition) is 3. The molecular formula is C19H17FN8O2. The summed E-state index contributed by atoms with van der Waals surface area (Å²) in [7, 11) is 0. The summed E-state index contributed by atoms with van der Waals surface area (Å²) in [4.78, 5) is 23.1. The van der Waals surface area contributed by atoms with Crippen LogP contribution in [0.5, 0.6) is 0 Å². The summed E-state index contributed by atoms with van der Waals surface area (Å²) >= 11 is 0. The van der Waals surface area contributed by atoms with E-state index in [0.29, 0.717) is 41.8 Å². The Morgan fingerprint density at radius 3 is 2.73 bits per heavy atom. The Bertz CT molecular complexity index is 1230. The van der Waals surface area contributed by atoms with Gasteiger partial charge in [0.2, 0.25) is 11.8 Å². The van der Waals surface area contributed by atoms with Crippen LogP contribution in [-0.4, -0.2) is 37.4 Å². The summed E-state index contributed by atoms with van der Waals surface area (Å²) in [6, 6.07) is 10.8. The fraction of sp³-hybridized carbons (Fsp3) is 0.105. The van der Waals surface area contributed by atoms with E-state index in [9.17, 15) is 14.5 Å². The van der Waals surface area contributed by atoms with Gasteiger partial charge in [-0.1, -0.05) is 12.1 Å². The molecule has 152 valence electrons. The van der Waals surface area contributed by atoms with Gasteiger partial charge in [-0.2, -0.15) is 0 Å². The number of imidazole rings is 1. The van der Waals surface area contributed by atoms with Crippen molar-refractivity contribution in [1.82, 2.24) is 19.4 Å². The fourth-order valence-electron chi connectivity index (χ4n) is 2.93. The van der Waals surface area contributed by atoms with Gasteiger partial charge in [0, 0.05) is 43.2 Å². The molecule has 3 aromatic heterocycles. The predicted octanol–water partition coefficient (Wildman–Crippen LogP) is 2.94. The van der Waals surface area contributed by atoms with Gasteiger partial charge in [0.15, 0.2) is 0 Å². The number of nitro groups is 1. The average molecular weight is 408 g/mol.